The lowest BCUT2D eigenvalue weighted by Gasteiger charge is -2.24. The Morgan fingerprint density at radius 1 is 0.408 bits per heavy atom. The van der Waals surface area contributed by atoms with Gasteiger partial charge in [0.25, 0.3) is 0 Å². The molecule has 0 spiro atoms. The molecule has 0 saturated carbocycles. The summed E-state index contributed by atoms with van der Waals surface area (Å²) in [6.45, 7) is 6.51. The summed E-state index contributed by atoms with van der Waals surface area (Å²) in [5, 5.41) is 61.2. The van der Waals surface area contributed by atoms with Crippen LogP contribution in [0.4, 0.5) is 17.1 Å². The van der Waals surface area contributed by atoms with Crippen molar-refractivity contribution in [3.8, 4) is 40.2 Å². The maximum absolute atomic E-state index is 14.2. The molecular formula is C54H41N6O13S3+3. The molecule has 0 fully saturated rings. The van der Waals surface area contributed by atoms with Gasteiger partial charge in [-0.3, -0.25) is 0 Å². The lowest BCUT2D eigenvalue weighted by atomic mass is 9.82. The second-order valence-corrected chi connectivity index (χ2v) is 22.1. The van der Waals surface area contributed by atoms with Crippen molar-refractivity contribution in [2.24, 2.45) is 0 Å². The van der Waals surface area contributed by atoms with Crippen LogP contribution in [0, 0.1) is 43.9 Å². The molecule has 0 aliphatic heterocycles. The zero-order valence-corrected chi connectivity index (χ0v) is 43.1. The second kappa shape index (κ2) is 19.4. The molecule has 0 aliphatic carbocycles. The van der Waals surface area contributed by atoms with E-state index in [4.69, 9.17) is 17.3 Å². The Morgan fingerprint density at radius 2 is 0.803 bits per heavy atom. The Morgan fingerprint density at radius 3 is 1.25 bits per heavy atom. The van der Waals surface area contributed by atoms with E-state index >= 15 is 0 Å². The van der Waals surface area contributed by atoms with Gasteiger partial charge in [0.2, 0.25) is 33.4 Å². The third-order valence-corrected chi connectivity index (χ3v) is 16.6. The minimum absolute atomic E-state index is 0.0172. The maximum Gasteiger partial charge on any atom is 0.428 e. The summed E-state index contributed by atoms with van der Waals surface area (Å²) in [6.07, 6.45) is 0. The van der Waals surface area contributed by atoms with Crippen LogP contribution in [0.2, 0.25) is 0 Å². The molecule has 0 bridgehead atoms. The first kappa shape index (κ1) is 51.4. The van der Waals surface area contributed by atoms with Crippen molar-refractivity contribution in [2.45, 2.75) is 48.3 Å². The topological polar surface area (TPSA) is 284 Å². The van der Waals surface area contributed by atoms with Gasteiger partial charge in [-0.25, -0.2) is 0 Å². The lowest BCUT2D eigenvalue weighted by molar-refractivity contribution is 0.390. The van der Waals surface area contributed by atoms with E-state index in [1.165, 1.54) is 73.8 Å². The average molecular weight is 1080 g/mol. The first-order valence-corrected chi connectivity index (χ1v) is 26.9. The number of hydrogen-bond acceptors (Lipinski definition) is 16. The molecule has 9 aromatic rings. The Bertz CT molecular complexity index is 4410. The Balaban J connectivity index is 1.15. The van der Waals surface area contributed by atoms with Crippen molar-refractivity contribution in [1.29, 1.82) is 16.2 Å². The van der Waals surface area contributed by atoms with E-state index in [0.29, 0.717) is 38.9 Å². The summed E-state index contributed by atoms with van der Waals surface area (Å²) in [6, 6.07) is 32.0. The van der Waals surface area contributed by atoms with Gasteiger partial charge in [-0.05, 0) is 90.9 Å². The van der Waals surface area contributed by atoms with E-state index in [0.717, 1.165) is 12.1 Å². The minimum atomic E-state index is -4.74. The molecule has 0 aliphatic rings. The highest BCUT2D eigenvalue weighted by Crippen LogP contribution is 2.46. The van der Waals surface area contributed by atoms with Crippen molar-refractivity contribution in [3.05, 3.63) is 187 Å². The number of nitrogens with zero attached hydrogens (tertiary/aromatic N) is 6. The van der Waals surface area contributed by atoms with Gasteiger partial charge in [-0.1, -0.05) is 91.0 Å². The number of phenolic OH excluding ortho intramolecular Hbond substituents is 3. The zero-order chi connectivity index (χ0) is 54.6. The molecule has 1 atom stereocenters. The summed E-state index contributed by atoms with van der Waals surface area (Å²) in [7, 11) is -12.7. The number of aromatic hydroxyl groups is 3. The maximum atomic E-state index is 14.2. The van der Waals surface area contributed by atoms with Gasteiger partial charge < -0.3 is 32.6 Å². The average Bonchev–Trinajstić information content (AvgIpc) is 3.41. The van der Waals surface area contributed by atoms with Crippen molar-refractivity contribution in [3.63, 3.8) is 0 Å². The number of fused-ring (bicyclic) bond motifs is 3. The molecular weight excluding hydrogens is 1040 g/mol. The molecule has 0 heterocycles. The molecule has 76 heavy (non-hydrogen) atoms. The van der Waals surface area contributed by atoms with Crippen LogP contribution in [0.5, 0.6) is 40.2 Å². The molecule has 0 aromatic heterocycles. The predicted octanol–water partition coefficient (Wildman–Crippen LogP) is 12.4. The molecule has 3 N–H and O–H groups in total. The molecule has 9 aromatic carbocycles. The van der Waals surface area contributed by atoms with Gasteiger partial charge in [-0.2, -0.15) is 25.3 Å². The summed E-state index contributed by atoms with van der Waals surface area (Å²) < 4.78 is 108. The molecule has 9 rings (SSSR count). The zero-order valence-electron chi connectivity index (χ0n) is 40.6. The standard InChI is InChI=1S/C54H38N6O13S3/c1-28-21-33(22-29(2)53(28)72-74(64,65)46-16-10-15-40-37(46)18-19-41(58-55)50(40)61)49(32-17-20-44(45(25-32)70-5)71-75(66,67)47-26-42(59-56)51(62)38-13-8-6-11-35(38)47)34-23-30(3)54(31(4)24-34)73-76(68,69)48-27-43(60-57)52(63)39-14-9-7-12-36(39)48/h6-27,49H,1-5H3/p+3. The monoisotopic (exact) mass is 1080 g/mol. The second-order valence-electron chi connectivity index (χ2n) is 17.6. The molecule has 19 nitrogen and oxygen atoms in total. The first-order chi connectivity index (χ1) is 36.1. The molecule has 0 saturated heterocycles. The molecule has 22 heteroatoms. The van der Waals surface area contributed by atoms with Crippen LogP contribution in [0.1, 0.15) is 44.9 Å². The number of rotatable bonds is 13. The quantitative estimate of drug-likeness (QED) is 0.0549. The molecule has 1 unspecified atom stereocenters. The minimum Gasteiger partial charge on any atom is -0.501 e. The van der Waals surface area contributed by atoms with Crippen LogP contribution in [0.25, 0.3) is 47.2 Å². The number of hydrogen-bond donors (Lipinski definition) is 3. The third-order valence-electron chi connectivity index (χ3n) is 12.8. The van der Waals surface area contributed by atoms with E-state index in [-0.39, 0.29) is 70.8 Å². The van der Waals surface area contributed by atoms with Gasteiger partial charge in [0.15, 0.2) is 26.4 Å². The smallest absolute Gasteiger partial charge is 0.428 e. The van der Waals surface area contributed by atoms with E-state index in [1.807, 2.05) is 0 Å². The van der Waals surface area contributed by atoms with Crippen molar-refractivity contribution >= 4 is 79.7 Å². The van der Waals surface area contributed by atoms with Crippen molar-refractivity contribution < 1.29 is 57.9 Å². The van der Waals surface area contributed by atoms with Crippen LogP contribution in [-0.4, -0.2) is 47.7 Å². The summed E-state index contributed by atoms with van der Waals surface area (Å²) in [5.74, 6) is -2.53. The van der Waals surface area contributed by atoms with Gasteiger partial charge in [-0.15, -0.1) is 0 Å². The highest BCUT2D eigenvalue weighted by atomic mass is 32.2. The Hall–Kier alpha value is -9.53. The summed E-state index contributed by atoms with van der Waals surface area (Å²) in [4.78, 5) is 8.09. The number of benzene rings is 9. The normalized spacial score (nSPS) is 12.1. The number of methoxy groups -OCH3 is 1. The number of aryl methyl sites for hydroxylation is 4. The fraction of sp³-hybridized carbons (Fsp3) is 0.111. The highest BCUT2D eigenvalue weighted by molar-refractivity contribution is 7.88. The van der Waals surface area contributed by atoms with E-state index in [2.05, 4.69) is 14.9 Å². The van der Waals surface area contributed by atoms with Crippen LogP contribution in [0.15, 0.2) is 148 Å². The van der Waals surface area contributed by atoms with Crippen LogP contribution in [-0.2, 0) is 30.4 Å². The summed E-state index contributed by atoms with van der Waals surface area (Å²) >= 11 is 0. The van der Waals surface area contributed by atoms with Gasteiger partial charge in [0.05, 0.1) is 19.2 Å². The Kier molecular flexibility index (Phi) is 13.1. The van der Waals surface area contributed by atoms with Crippen molar-refractivity contribution in [1.82, 2.24) is 0 Å². The fourth-order valence-corrected chi connectivity index (χ4v) is 13.0. The highest BCUT2D eigenvalue weighted by Gasteiger charge is 2.33. The molecule has 0 radical (unpaired) electrons. The van der Waals surface area contributed by atoms with Gasteiger partial charge in [0, 0.05) is 44.3 Å². The van der Waals surface area contributed by atoms with Gasteiger partial charge >= 0.3 is 47.4 Å². The first-order valence-electron chi connectivity index (χ1n) is 22.7. The third kappa shape index (κ3) is 9.04. The number of ether oxygens (including phenoxy) is 1. The Labute approximate surface area is 434 Å². The van der Waals surface area contributed by atoms with E-state index in [1.54, 1.807) is 82.3 Å². The van der Waals surface area contributed by atoms with E-state index < -0.39 is 69.8 Å². The van der Waals surface area contributed by atoms with Crippen LogP contribution >= 0.6 is 0 Å². The SMILES string of the molecule is COc1cc(C(c2cc(C)c(OS(=O)(=O)c3cccc4c(O)c([N+]#N)ccc34)c(C)c2)c2cc(C)c(OS(=O)(=O)c3cc([N+]#N)c(O)c4ccccc34)c(C)c2)ccc1OS(=O)(=O)c1cc([N+]#N)c(O)c2ccccc12. The lowest BCUT2D eigenvalue weighted by Crippen LogP contribution is -2.14. The van der Waals surface area contributed by atoms with Crippen molar-refractivity contribution in [2.75, 3.05) is 7.11 Å². The van der Waals surface area contributed by atoms with Gasteiger partial charge in [0.1, 0.15) is 26.2 Å². The predicted molar refractivity (Wildman–Crippen MR) is 280 cm³/mol. The molecule has 380 valence electrons. The largest absolute Gasteiger partial charge is 0.501 e. The summed E-state index contributed by atoms with van der Waals surface area (Å²) in [5.41, 5.74) is 1.96. The molecule has 0 amide bonds. The number of phenols is 3. The van der Waals surface area contributed by atoms with Crippen LogP contribution in [0.3, 0.4) is 0 Å². The van der Waals surface area contributed by atoms with E-state index in [9.17, 15) is 56.8 Å². The fourth-order valence-electron chi connectivity index (χ4n) is 9.34. The van der Waals surface area contributed by atoms with Crippen LogP contribution < -0.4 is 17.3 Å². The number of diazo groups is 3.